The van der Waals surface area contributed by atoms with Gasteiger partial charge in [-0.25, -0.2) is 0 Å². The Labute approximate surface area is 149 Å². The summed E-state index contributed by atoms with van der Waals surface area (Å²) in [5, 5.41) is 3.00. The summed E-state index contributed by atoms with van der Waals surface area (Å²) in [4.78, 5) is 23.4. The molecule has 0 heterocycles. The predicted octanol–water partition coefficient (Wildman–Crippen LogP) is 2.47. The molecule has 0 bridgehead atoms. The molecule has 0 saturated heterocycles. The topological polar surface area (TPSA) is 99.9 Å². The molecule has 0 spiro atoms. The summed E-state index contributed by atoms with van der Waals surface area (Å²) in [6.07, 6.45) is 0. The highest BCUT2D eigenvalue weighted by molar-refractivity contribution is 6.31. The predicted molar refractivity (Wildman–Crippen MR) is 93.6 cm³/mol. The third-order valence-electron chi connectivity index (χ3n) is 3.23. The van der Waals surface area contributed by atoms with Gasteiger partial charge in [0.05, 0.1) is 19.8 Å². The summed E-state index contributed by atoms with van der Waals surface area (Å²) in [6.45, 7) is -0.309. The summed E-state index contributed by atoms with van der Waals surface area (Å²) in [5.41, 5.74) is 5.88. The fourth-order valence-corrected chi connectivity index (χ4v) is 2.25. The third kappa shape index (κ3) is 4.77. The Bertz CT molecular complexity index is 795. The number of benzene rings is 2. The lowest BCUT2D eigenvalue weighted by atomic mass is 10.2. The van der Waals surface area contributed by atoms with Crippen LogP contribution in [0.25, 0.3) is 0 Å². The van der Waals surface area contributed by atoms with Crippen molar-refractivity contribution in [2.75, 3.05) is 26.1 Å². The molecule has 0 aliphatic heterocycles. The molecule has 0 radical (unpaired) electrons. The van der Waals surface area contributed by atoms with Crippen molar-refractivity contribution >= 4 is 29.1 Å². The van der Waals surface area contributed by atoms with Crippen molar-refractivity contribution in [3.05, 3.63) is 47.0 Å². The number of primary amides is 1. The minimum Gasteiger partial charge on any atom is -0.493 e. The molecule has 0 fully saturated rings. The Morgan fingerprint density at radius 1 is 1.04 bits per heavy atom. The maximum Gasteiger partial charge on any atom is 0.262 e. The van der Waals surface area contributed by atoms with Crippen LogP contribution in [-0.2, 0) is 4.79 Å². The summed E-state index contributed by atoms with van der Waals surface area (Å²) >= 11 is 5.82. The molecule has 2 amide bonds. The molecule has 25 heavy (non-hydrogen) atoms. The van der Waals surface area contributed by atoms with E-state index in [1.54, 1.807) is 18.2 Å². The lowest BCUT2D eigenvalue weighted by Crippen LogP contribution is -2.21. The van der Waals surface area contributed by atoms with Crippen molar-refractivity contribution in [2.45, 2.75) is 0 Å². The van der Waals surface area contributed by atoms with Crippen LogP contribution in [0, 0.1) is 0 Å². The number of hydrogen-bond acceptors (Lipinski definition) is 5. The monoisotopic (exact) mass is 364 g/mol. The highest BCUT2D eigenvalue weighted by atomic mass is 35.5. The second kappa shape index (κ2) is 8.25. The molecule has 2 aromatic carbocycles. The maximum absolute atomic E-state index is 12.0. The van der Waals surface area contributed by atoms with E-state index in [2.05, 4.69) is 5.32 Å². The zero-order chi connectivity index (χ0) is 18.4. The number of amides is 2. The van der Waals surface area contributed by atoms with E-state index in [-0.39, 0.29) is 17.9 Å². The molecular weight excluding hydrogens is 348 g/mol. The molecule has 132 valence electrons. The van der Waals surface area contributed by atoms with Gasteiger partial charge in [0.1, 0.15) is 5.75 Å². The van der Waals surface area contributed by atoms with Crippen LogP contribution in [0.4, 0.5) is 5.69 Å². The molecule has 8 heteroatoms. The van der Waals surface area contributed by atoms with Gasteiger partial charge in [0, 0.05) is 16.8 Å². The van der Waals surface area contributed by atoms with Crippen molar-refractivity contribution in [1.29, 1.82) is 0 Å². The van der Waals surface area contributed by atoms with Gasteiger partial charge >= 0.3 is 0 Å². The maximum atomic E-state index is 12.0. The number of halogens is 1. The Kier molecular flexibility index (Phi) is 6.08. The van der Waals surface area contributed by atoms with Crippen LogP contribution in [0.1, 0.15) is 10.4 Å². The number of carbonyl (C=O) groups is 2. The van der Waals surface area contributed by atoms with Crippen LogP contribution >= 0.6 is 11.6 Å². The average molecular weight is 365 g/mol. The Hall–Kier alpha value is -2.93. The quantitative estimate of drug-likeness (QED) is 0.786. The number of nitrogens with one attached hydrogen (secondary N) is 1. The average Bonchev–Trinajstić information content (AvgIpc) is 2.60. The molecule has 7 nitrogen and oxygen atoms in total. The third-order valence-corrected chi connectivity index (χ3v) is 3.47. The lowest BCUT2D eigenvalue weighted by molar-refractivity contribution is -0.118. The first-order valence-electron chi connectivity index (χ1n) is 7.18. The van der Waals surface area contributed by atoms with Gasteiger partial charge in [-0.15, -0.1) is 0 Å². The van der Waals surface area contributed by atoms with E-state index in [0.717, 1.165) is 0 Å². The van der Waals surface area contributed by atoms with Crippen molar-refractivity contribution in [3.8, 4) is 17.2 Å². The van der Waals surface area contributed by atoms with Crippen molar-refractivity contribution in [1.82, 2.24) is 0 Å². The standard InChI is InChI=1S/C17H17ClN2O5/c1-23-14-6-4-11(8-15(14)24-2)20-16(21)9-25-13-5-3-10(18)7-12(13)17(19)22/h3-8H,9H2,1-2H3,(H2,19,22)(H,20,21). The van der Waals surface area contributed by atoms with E-state index in [1.807, 2.05) is 0 Å². The first-order valence-corrected chi connectivity index (χ1v) is 7.56. The SMILES string of the molecule is COc1ccc(NC(=O)COc2ccc(Cl)cc2C(N)=O)cc1OC. The molecule has 0 unspecified atom stereocenters. The highest BCUT2D eigenvalue weighted by Crippen LogP contribution is 2.29. The molecule has 2 rings (SSSR count). The van der Waals surface area contributed by atoms with Crippen LogP contribution in [0.3, 0.4) is 0 Å². The zero-order valence-corrected chi connectivity index (χ0v) is 14.4. The van der Waals surface area contributed by atoms with Gasteiger partial charge in [0.15, 0.2) is 18.1 Å². The molecule has 0 saturated carbocycles. The van der Waals surface area contributed by atoms with Gasteiger partial charge in [-0.2, -0.15) is 0 Å². The van der Waals surface area contributed by atoms with Gasteiger partial charge in [0.25, 0.3) is 11.8 Å². The minimum atomic E-state index is -0.696. The second-order valence-corrected chi connectivity index (χ2v) is 5.35. The molecule has 0 aliphatic carbocycles. The van der Waals surface area contributed by atoms with Crippen LogP contribution in [-0.4, -0.2) is 32.6 Å². The number of carbonyl (C=O) groups excluding carboxylic acids is 2. The van der Waals surface area contributed by atoms with Crippen LogP contribution in [0.2, 0.25) is 5.02 Å². The van der Waals surface area contributed by atoms with Crippen molar-refractivity contribution in [2.24, 2.45) is 5.73 Å². The van der Waals surface area contributed by atoms with E-state index in [1.165, 1.54) is 32.4 Å². The number of anilines is 1. The fraction of sp³-hybridized carbons (Fsp3) is 0.176. The first-order chi connectivity index (χ1) is 11.9. The van der Waals surface area contributed by atoms with Gasteiger partial charge < -0.3 is 25.3 Å². The van der Waals surface area contributed by atoms with Crippen LogP contribution in [0.5, 0.6) is 17.2 Å². The van der Waals surface area contributed by atoms with Crippen LogP contribution in [0.15, 0.2) is 36.4 Å². The van der Waals surface area contributed by atoms with E-state index < -0.39 is 11.8 Å². The van der Waals surface area contributed by atoms with E-state index in [9.17, 15) is 9.59 Å². The van der Waals surface area contributed by atoms with Crippen molar-refractivity contribution < 1.29 is 23.8 Å². The van der Waals surface area contributed by atoms with Crippen LogP contribution < -0.4 is 25.3 Å². The Balaban J connectivity index is 2.03. The number of ether oxygens (including phenoxy) is 3. The first kappa shape index (κ1) is 18.4. The molecule has 2 aromatic rings. The van der Waals surface area contributed by atoms with E-state index in [0.29, 0.717) is 22.2 Å². The summed E-state index contributed by atoms with van der Waals surface area (Å²) in [6, 6.07) is 9.34. The smallest absolute Gasteiger partial charge is 0.262 e. The minimum absolute atomic E-state index is 0.103. The summed E-state index contributed by atoms with van der Waals surface area (Å²) in [7, 11) is 3.02. The normalized spacial score (nSPS) is 10.0. The lowest BCUT2D eigenvalue weighted by Gasteiger charge is -2.12. The second-order valence-electron chi connectivity index (χ2n) is 4.91. The molecule has 0 aliphatic rings. The number of rotatable bonds is 7. The number of methoxy groups -OCH3 is 2. The molecule has 3 N–H and O–H groups in total. The van der Waals surface area contributed by atoms with Gasteiger partial charge in [-0.05, 0) is 30.3 Å². The Morgan fingerprint density at radius 2 is 1.72 bits per heavy atom. The van der Waals surface area contributed by atoms with E-state index >= 15 is 0 Å². The molecule has 0 atom stereocenters. The number of hydrogen-bond donors (Lipinski definition) is 2. The van der Waals surface area contributed by atoms with Gasteiger partial charge in [-0.1, -0.05) is 11.6 Å². The summed E-state index contributed by atoms with van der Waals surface area (Å²) in [5.74, 6) is 0.0914. The van der Waals surface area contributed by atoms with Gasteiger partial charge in [-0.3, -0.25) is 9.59 Å². The summed E-state index contributed by atoms with van der Waals surface area (Å²) < 4.78 is 15.7. The molecule has 0 aromatic heterocycles. The van der Waals surface area contributed by atoms with E-state index in [4.69, 9.17) is 31.5 Å². The molecular formula is C17H17ClN2O5. The fourth-order valence-electron chi connectivity index (χ4n) is 2.07. The zero-order valence-electron chi connectivity index (χ0n) is 13.7. The Morgan fingerprint density at radius 3 is 2.36 bits per heavy atom. The number of nitrogens with two attached hydrogens (primary N) is 1. The highest BCUT2D eigenvalue weighted by Gasteiger charge is 2.13. The largest absolute Gasteiger partial charge is 0.493 e. The van der Waals surface area contributed by atoms with Crippen molar-refractivity contribution in [3.63, 3.8) is 0 Å². The van der Waals surface area contributed by atoms with Gasteiger partial charge in [0.2, 0.25) is 0 Å².